The van der Waals surface area contributed by atoms with E-state index < -0.39 is 0 Å². The maximum atomic E-state index is 4.51. The van der Waals surface area contributed by atoms with Gasteiger partial charge in [-0.05, 0) is 30.6 Å². The van der Waals surface area contributed by atoms with Crippen LogP contribution in [0, 0.1) is 0 Å². The molecule has 0 N–H and O–H groups in total. The molecule has 5 heteroatoms. The molecule has 0 atom stereocenters. The highest BCUT2D eigenvalue weighted by Gasteiger charge is 2.14. The van der Waals surface area contributed by atoms with E-state index in [0.29, 0.717) is 0 Å². The second kappa shape index (κ2) is 4.28. The minimum Gasteiger partial charge on any atom is -0.346 e. The molecule has 0 saturated heterocycles. The monoisotopic (exact) mass is 224 g/mol. The van der Waals surface area contributed by atoms with Crippen LogP contribution < -0.4 is 4.90 Å². The van der Waals surface area contributed by atoms with Gasteiger partial charge < -0.3 is 9.80 Å². The second-order valence-electron chi connectivity index (χ2n) is 4.05. The third-order valence-electron chi connectivity index (χ3n) is 2.43. The van der Waals surface area contributed by atoms with Crippen molar-refractivity contribution >= 4 is 23.1 Å². The lowest BCUT2D eigenvalue weighted by Gasteiger charge is -2.21. The standard InChI is InChI=1S/C10H16N4S/c1-13(2)10-11-9(15-12-10)8-5-4-6-14(3)7-8/h5H,4,6-7H2,1-3H3. The number of hydrogen-bond acceptors (Lipinski definition) is 5. The van der Waals surface area contributed by atoms with E-state index in [4.69, 9.17) is 0 Å². The molecule has 0 spiro atoms. The molecule has 0 aromatic carbocycles. The van der Waals surface area contributed by atoms with Crippen LogP contribution in [0.2, 0.25) is 0 Å². The summed E-state index contributed by atoms with van der Waals surface area (Å²) in [5, 5.41) is 1.06. The van der Waals surface area contributed by atoms with E-state index in [-0.39, 0.29) is 0 Å². The lowest BCUT2D eigenvalue weighted by Crippen LogP contribution is -2.24. The Labute approximate surface area is 94.4 Å². The summed E-state index contributed by atoms with van der Waals surface area (Å²) in [4.78, 5) is 8.76. The van der Waals surface area contributed by atoms with E-state index in [1.54, 1.807) is 0 Å². The molecule has 0 fully saturated rings. The van der Waals surface area contributed by atoms with Gasteiger partial charge in [-0.15, -0.1) is 0 Å². The van der Waals surface area contributed by atoms with Crippen LogP contribution in [0.4, 0.5) is 5.95 Å². The molecule has 1 aromatic rings. The Hall–Kier alpha value is -0.940. The second-order valence-corrected chi connectivity index (χ2v) is 4.80. The fraction of sp³-hybridized carbons (Fsp3) is 0.600. The summed E-state index contributed by atoms with van der Waals surface area (Å²) in [5.74, 6) is 0.809. The van der Waals surface area contributed by atoms with Gasteiger partial charge in [0.1, 0.15) is 5.01 Å². The van der Waals surface area contributed by atoms with Gasteiger partial charge in [-0.3, -0.25) is 0 Å². The molecule has 15 heavy (non-hydrogen) atoms. The van der Waals surface area contributed by atoms with Crippen LogP contribution in [0.15, 0.2) is 6.08 Å². The third-order valence-corrected chi connectivity index (χ3v) is 3.21. The predicted octanol–water partition coefficient (Wildman–Crippen LogP) is 1.32. The summed E-state index contributed by atoms with van der Waals surface area (Å²) in [7, 11) is 6.07. The first kappa shape index (κ1) is 10.6. The van der Waals surface area contributed by atoms with Gasteiger partial charge in [0.15, 0.2) is 0 Å². The summed E-state index contributed by atoms with van der Waals surface area (Å²) in [6.07, 6.45) is 3.39. The molecular formula is C10H16N4S. The van der Waals surface area contributed by atoms with Gasteiger partial charge in [0.2, 0.25) is 5.95 Å². The van der Waals surface area contributed by atoms with E-state index in [1.807, 2.05) is 19.0 Å². The van der Waals surface area contributed by atoms with Crippen LogP contribution in [0.1, 0.15) is 11.4 Å². The average molecular weight is 224 g/mol. The zero-order valence-electron chi connectivity index (χ0n) is 9.40. The quantitative estimate of drug-likeness (QED) is 0.758. The predicted molar refractivity (Wildman–Crippen MR) is 64.3 cm³/mol. The molecule has 0 amide bonds. The highest BCUT2D eigenvalue weighted by atomic mass is 32.1. The Balaban J connectivity index is 2.18. The first-order valence-electron chi connectivity index (χ1n) is 5.06. The molecule has 0 saturated carbocycles. The molecule has 1 aromatic heterocycles. The van der Waals surface area contributed by atoms with Crippen LogP contribution in [0.25, 0.3) is 5.57 Å². The van der Waals surface area contributed by atoms with Gasteiger partial charge >= 0.3 is 0 Å². The largest absolute Gasteiger partial charge is 0.346 e. The van der Waals surface area contributed by atoms with Crippen LogP contribution >= 0.6 is 11.5 Å². The first-order valence-corrected chi connectivity index (χ1v) is 5.83. The van der Waals surface area contributed by atoms with Gasteiger partial charge in [-0.25, -0.2) is 0 Å². The van der Waals surface area contributed by atoms with E-state index in [1.165, 1.54) is 17.1 Å². The SMILES string of the molecule is CN1CCC=C(c2nc(N(C)C)ns2)C1. The van der Waals surface area contributed by atoms with Crippen molar-refractivity contribution in [3.8, 4) is 0 Å². The molecule has 0 aliphatic carbocycles. The molecule has 2 rings (SSSR count). The molecule has 0 bridgehead atoms. The van der Waals surface area contributed by atoms with Gasteiger partial charge in [-0.1, -0.05) is 6.08 Å². The zero-order valence-corrected chi connectivity index (χ0v) is 10.2. The fourth-order valence-corrected chi connectivity index (χ4v) is 2.34. The van der Waals surface area contributed by atoms with Crippen molar-refractivity contribution in [1.82, 2.24) is 14.3 Å². The summed E-state index contributed by atoms with van der Waals surface area (Å²) in [5.41, 5.74) is 1.31. The van der Waals surface area contributed by atoms with Crippen molar-refractivity contribution in [3.63, 3.8) is 0 Å². The van der Waals surface area contributed by atoms with Gasteiger partial charge in [0, 0.05) is 27.2 Å². The Bertz CT molecular complexity index is 369. The van der Waals surface area contributed by atoms with E-state index in [2.05, 4.69) is 27.4 Å². The lowest BCUT2D eigenvalue weighted by atomic mass is 10.1. The molecule has 4 nitrogen and oxygen atoms in total. The van der Waals surface area contributed by atoms with Gasteiger partial charge in [0.05, 0.1) is 0 Å². The highest BCUT2D eigenvalue weighted by Crippen LogP contribution is 2.23. The van der Waals surface area contributed by atoms with Crippen molar-refractivity contribution < 1.29 is 0 Å². The average Bonchev–Trinajstić information content (AvgIpc) is 2.66. The number of aromatic nitrogens is 2. The number of anilines is 1. The molecule has 1 aliphatic heterocycles. The molecule has 0 radical (unpaired) electrons. The zero-order chi connectivity index (χ0) is 10.8. The molecule has 0 unspecified atom stereocenters. The summed E-state index contributed by atoms with van der Waals surface area (Å²) in [6.45, 7) is 2.13. The van der Waals surface area contributed by atoms with E-state index >= 15 is 0 Å². The minimum atomic E-state index is 0.809. The van der Waals surface area contributed by atoms with Crippen LogP contribution in [-0.4, -0.2) is 48.5 Å². The highest BCUT2D eigenvalue weighted by molar-refractivity contribution is 7.06. The van der Waals surface area contributed by atoms with Crippen molar-refractivity contribution in [2.45, 2.75) is 6.42 Å². The minimum absolute atomic E-state index is 0.809. The van der Waals surface area contributed by atoms with Crippen LogP contribution in [0.3, 0.4) is 0 Å². The summed E-state index contributed by atoms with van der Waals surface area (Å²) < 4.78 is 4.31. The summed E-state index contributed by atoms with van der Waals surface area (Å²) >= 11 is 1.49. The van der Waals surface area contributed by atoms with Crippen molar-refractivity contribution in [1.29, 1.82) is 0 Å². The van der Waals surface area contributed by atoms with Crippen LogP contribution in [0.5, 0.6) is 0 Å². The Kier molecular flexibility index (Phi) is 3.02. The lowest BCUT2D eigenvalue weighted by molar-refractivity contribution is 0.373. The smallest absolute Gasteiger partial charge is 0.237 e. The normalized spacial score (nSPS) is 17.7. The number of likely N-dealkylation sites (N-methyl/N-ethyl adjacent to an activating group) is 1. The first-order chi connectivity index (χ1) is 7.16. The Morgan fingerprint density at radius 3 is 2.87 bits per heavy atom. The van der Waals surface area contributed by atoms with Crippen molar-refractivity contribution in [2.75, 3.05) is 39.1 Å². The van der Waals surface area contributed by atoms with Crippen molar-refractivity contribution in [3.05, 3.63) is 11.1 Å². The molecule has 2 heterocycles. The number of rotatable bonds is 2. The Morgan fingerprint density at radius 1 is 1.47 bits per heavy atom. The van der Waals surface area contributed by atoms with Gasteiger partial charge in [-0.2, -0.15) is 9.36 Å². The van der Waals surface area contributed by atoms with E-state index in [0.717, 1.165) is 30.5 Å². The molecular weight excluding hydrogens is 208 g/mol. The maximum absolute atomic E-state index is 4.51. The van der Waals surface area contributed by atoms with E-state index in [9.17, 15) is 0 Å². The van der Waals surface area contributed by atoms with Crippen LogP contribution in [-0.2, 0) is 0 Å². The number of hydrogen-bond donors (Lipinski definition) is 0. The molecule has 1 aliphatic rings. The maximum Gasteiger partial charge on any atom is 0.237 e. The van der Waals surface area contributed by atoms with Gasteiger partial charge in [0.25, 0.3) is 0 Å². The summed E-state index contributed by atoms with van der Waals surface area (Å²) in [6, 6.07) is 0. The van der Waals surface area contributed by atoms with Crippen molar-refractivity contribution in [2.24, 2.45) is 0 Å². The molecule has 82 valence electrons. The third kappa shape index (κ3) is 2.35. The Morgan fingerprint density at radius 2 is 2.27 bits per heavy atom. The fourth-order valence-electron chi connectivity index (χ4n) is 1.58. The number of nitrogens with zero attached hydrogens (tertiary/aromatic N) is 4. The topological polar surface area (TPSA) is 32.3 Å².